The molecule has 1 fully saturated rings. The van der Waals surface area contributed by atoms with Crippen LogP contribution in [0.3, 0.4) is 0 Å². The van der Waals surface area contributed by atoms with Crippen molar-refractivity contribution >= 4 is 18.2 Å². The molecule has 0 bridgehead atoms. The fraction of sp³-hybridized carbons (Fsp3) is 0.450. The largest absolute Gasteiger partial charge is 0.508 e. The zero-order valence-corrected chi connectivity index (χ0v) is 15.4. The Balaban J connectivity index is 2.52. The molecule has 2 rings (SSSR count). The van der Waals surface area contributed by atoms with E-state index in [1.165, 1.54) is 0 Å². The lowest BCUT2D eigenvalue weighted by atomic mass is 9.84. The van der Waals surface area contributed by atoms with E-state index in [9.17, 15) is 24.6 Å². The number of aliphatic hydroxyl groups excluding tert-OH is 2. The maximum Gasteiger partial charge on any atom is 0.334 e. The van der Waals surface area contributed by atoms with Crippen LogP contribution < -0.4 is 0 Å². The normalized spacial score (nSPS) is 26.9. The number of fused-ring (bicyclic) bond motifs is 1. The minimum Gasteiger partial charge on any atom is -0.508 e. The number of hydrogen-bond acceptors (Lipinski definition) is 7. The molecule has 0 saturated carbocycles. The van der Waals surface area contributed by atoms with Crippen LogP contribution in [0, 0.1) is 5.92 Å². The summed E-state index contributed by atoms with van der Waals surface area (Å²) in [5.41, 5.74) is 1.11. The Kier molecular flexibility index (Phi) is 6.74. The molecule has 3 atom stereocenters. The van der Waals surface area contributed by atoms with Gasteiger partial charge in [0, 0.05) is 17.6 Å². The van der Waals surface area contributed by atoms with Gasteiger partial charge in [-0.05, 0) is 37.8 Å². The van der Waals surface area contributed by atoms with E-state index < -0.39 is 36.7 Å². The van der Waals surface area contributed by atoms with Gasteiger partial charge in [-0.15, -0.1) is 0 Å². The van der Waals surface area contributed by atoms with Gasteiger partial charge in [-0.2, -0.15) is 0 Å². The molecule has 2 N–H and O–H groups in total. The van der Waals surface area contributed by atoms with E-state index in [-0.39, 0.29) is 17.8 Å². The fourth-order valence-corrected chi connectivity index (χ4v) is 3.15. The van der Waals surface area contributed by atoms with Gasteiger partial charge in [-0.25, -0.2) is 9.59 Å². The third-order valence-corrected chi connectivity index (χ3v) is 4.90. The Morgan fingerprint density at radius 3 is 2.78 bits per heavy atom. The zero-order valence-electron chi connectivity index (χ0n) is 15.4. The van der Waals surface area contributed by atoms with E-state index in [1.54, 1.807) is 26.0 Å². The topological polar surface area (TPSA) is 110 Å². The first-order chi connectivity index (χ1) is 12.8. The van der Waals surface area contributed by atoms with Gasteiger partial charge in [-0.1, -0.05) is 18.7 Å². The third-order valence-electron chi connectivity index (χ3n) is 4.90. The minimum atomic E-state index is -1.12. The summed E-state index contributed by atoms with van der Waals surface area (Å²) in [6.45, 7) is 6.57. The molecule has 0 aromatic heterocycles. The van der Waals surface area contributed by atoms with E-state index in [2.05, 4.69) is 6.58 Å². The standard InChI is InChI=1S/C20H24O7/c1-4-11(2)19(24)26-15-8-13(9-21)6-5-7-14(10-22)17(23)18-16(15)12(3)20(25)27-18/h4,6,9,15-16,18,22-23H,3,5,7-8,10H2,1-2H3. The van der Waals surface area contributed by atoms with Crippen LogP contribution in [0.25, 0.3) is 0 Å². The van der Waals surface area contributed by atoms with Gasteiger partial charge < -0.3 is 19.7 Å². The fourth-order valence-electron chi connectivity index (χ4n) is 3.15. The Bertz CT molecular complexity index is 741. The Hall–Kier alpha value is -2.67. The van der Waals surface area contributed by atoms with E-state index in [4.69, 9.17) is 9.47 Å². The molecule has 27 heavy (non-hydrogen) atoms. The summed E-state index contributed by atoms with van der Waals surface area (Å²) in [6, 6.07) is 0. The number of carbonyl (C=O) groups is 3. The number of allylic oxidation sites excluding steroid dienone is 2. The monoisotopic (exact) mass is 376 g/mol. The highest BCUT2D eigenvalue weighted by atomic mass is 16.6. The number of aldehydes is 1. The highest BCUT2D eigenvalue weighted by Crippen LogP contribution is 2.38. The van der Waals surface area contributed by atoms with Gasteiger partial charge in [0.05, 0.1) is 12.5 Å². The second-order valence-corrected chi connectivity index (χ2v) is 6.58. The van der Waals surface area contributed by atoms with Gasteiger partial charge in [0.25, 0.3) is 0 Å². The number of aliphatic hydroxyl groups is 2. The first-order valence-electron chi connectivity index (χ1n) is 8.73. The van der Waals surface area contributed by atoms with Crippen LogP contribution >= 0.6 is 0 Å². The van der Waals surface area contributed by atoms with Crippen LogP contribution in [0.1, 0.15) is 33.1 Å². The molecule has 7 nitrogen and oxygen atoms in total. The molecule has 2 aliphatic rings. The van der Waals surface area contributed by atoms with Crippen LogP contribution in [0.4, 0.5) is 0 Å². The Morgan fingerprint density at radius 2 is 2.19 bits per heavy atom. The quantitative estimate of drug-likeness (QED) is 0.439. The zero-order chi connectivity index (χ0) is 20.1. The van der Waals surface area contributed by atoms with E-state index in [1.807, 2.05) is 0 Å². The van der Waals surface area contributed by atoms with Crippen LogP contribution in [0.5, 0.6) is 0 Å². The first-order valence-corrected chi connectivity index (χ1v) is 8.73. The highest BCUT2D eigenvalue weighted by Gasteiger charge is 2.48. The number of hydrogen-bond donors (Lipinski definition) is 2. The molecule has 0 aromatic rings. The lowest BCUT2D eigenvalue weighted by molar-refractivity contribution is -0.148. The summed E-state index contributed by atoms with van der Waals surface area (Å²) >= 11 is 0. The van der Waals surface area contributed by atoms with Crippen molar-refractivity contribution in [1.29, 1.82) is 0 Å². The Morgan fingerprint density at radius 1 is 1.48 bits per heavy atom. The van der Waals surface area contributed by atoms with Crippen LogP contribution in [0.15, 0.2) is 46.8 Å². The minimum absolute atomic E-state index is 0.0468. The molecule has 0 aromatic carbocycles. The summed E-state index contributed by atoms with van der Waals surface area (Å²) < 4.78 is 10.8. The van der Waals surface area contributed by atoms with Crippen molar-refractivity contribution in [1.82, 2.24) is 0 Å². The van der Waals surface area contributed by atoms with E-state index >= 15 is 0 Å². The van der Waals surface area contributed by atoms with Gasteiger partial charge in [0.1, 0.15) is 18.1 Å². The smallest absolute Gasteiger partial charge is 0.334 e. The van der Waals surface area contributed by atoms with Crippen molar-refractivity contribution in [3.05, 3.63) is 46.8 Å². The summed E-state index contributed by atoms with van der Waals surface area (Å²) in [7, 11) is 0. The van der Waals surface area contributed by atoms with Crippen LogP contribution in [-0.2, 0) is 23.9 Å². The van der Waals surface area contributed by atoms with Crippen molar-refractivity contribution in [2.24, 2.45) is 5.92 Å². The van der Waals surface area contributed by atoms with Crippen molar-refractivity contribution in [3.63, 3.8) is 0 Å². The van der Waals surface area contributed by atoms with Gasteiger partial charge in [-0.3, -0.25) is 4.79 Å². The lowest BCUT2D eigenvalue weighted by Gasteiger charge is -2.28. The molecule has 1 saturated heterocycles. The number of ether oxygens (including phenoxy) is 2. The molecule has 7 heteroatoms. The molecule has 1 heterocycles. The second-order valence-electron chi connectivity index (χ2n) is 6.58. The predicted molar refractivity (Wildman–Crippen MR) is 96.6 cm³/mol. The molecule has 1 aliphatic heterocycles. The predicted octanol–water partition coefficient (Wildman–Crippen LogP) is 2.08. The molecule has 0 radical (unpaired) electrons. The Labute approximate surface area is 157 Å². The SMILES string of the molecule is C=C1C(=O)OC2C(O)=C(CO)CCC=C(C=O)CC(OC(=O)C(C)=CC)C12. The average molecular weight is 376 g/mol. The third kappa shape index (κ3) is 4.36. The molecule has 1 aliphatic carbocycles. The second kappa shape index (κ2) is 8.81. The van der Waals surface area contributed by atoms with Crippen LogP contribution in [0.2, 0.25) is 0 Å². The molecule has 146 valence electrons. The maximum absolute atomic E-state index is 12.3. The average Bonchev–Trinajstić information content (AvgIpc) is 2.96. The first kappa shape index (κ1) is 20.6. The van der Waals surface area contributed by atoms with Crippen molar-refractivity contribution in [2.75, 3.05) is 6.61 Å². The number of rotatable bonds is 4. The molecular weight excluding hydrogens is 352 g/mol. The number of esters is 2. The maximum atomic E-state index is 12.3. The molecule has 3 unspecified atom stereocenters. The van der Waals surface area contributed by atoms with Crippen molar-refractivity contribution in [2.45, 2.75) is 45.3 Å². The summed E-state index contributed by atoms with van der Waals surface area (Å²) in [6.07, 6.45) is 2.62. The van der Waals surface area contributed by atoms with Gasteiger partial charge >= 0.3 is 11.9 Å². The highest BCUT2D eigenvalue weighted by molar-refractivity contribution is 5.92. The number of carbonyl (C=O) groups excluding carboxylic acids is 3. The summed E-state index contributed by atoms with van der Waals surface area (Å²) in [5, 5.41) is 20.2. The summed E-state index contributed by atoms with van der Waals surface area (Å²) in [5.74, 6) is -2.44. The lowest BCUT2D eigenvalue weighted by Crippen LogP contribution is -2.36. The van der Waals surface area contributed by atoms with Gasteiger partial charge in [0.15, 0.2) is 6.10 Å². The summed E-state index contributed by atoms with van der Waals surface area (Å²) in [4.78, 5) is 35.8. The van der Waals surface area contributed by atoms with Crippen molar-refractivity contribution < 1.29 is 34.1 Å². The van der Waals surface area contributed by atoms with Gasteiger partial charge in [0.2, 0.25) is 0 Å². The molecule has 0 amide bonds. The van der Waals surface area contributed by atoms with Crippen molar-refractivity contribution in [3.8, 4) is 0 Å². The van der Waals surface area contributed by atoms with E-state index in [0.717, 1.165) is 0 Å². The molecular formula is C20H24O7. The molecule has 0 spiro atoms. The van der Waals surface area contributed by atoms with Crippen LogP contribution in [-0.4, -0.2) is 47.3 Å². The van der Waals surface area contributed by atoms with E-state index in [0.29, 0.717) is 35.8 Å².